The second-order valence-corrected chi connectivity index (χ2v) is 11.2. The first-order valence-corrected chi connectivity index (χ1v) is 14.2. The maximum atomic E-state index is 13.8. The third-order valence-corrected chi connectivity index (χ3v) is 7.03. The Balaban J connectivity index is 2.54. The summed E-state index contributed by atoms with van der Waals surface area (Å²) in [5.74, 6) is -0.218. The Kier molecular flexibility index (Phi) is 11.1. The fourth-order valence-electron chi connectivity index (χ4n) is 3.85. The van der Waals surface area contributed by atoms with Crippen LogP contribution in [0, 0.1) is 16.0 Å². The van der Waals surface area contributed by atoms with Gasteiger partial charge in [-0.05, 0) is 36.1 Å². The van der Waals surface area contributed by atoms with Crippen molar-refractivity contribution in [3.8, 4) is 11.5 Å². The number of nitrogens with one attached hydrogen (secondary N) is 1. The Morgan fingerprint density at radius 2 is 1.72 bits per heavy atom. The maximum Gasteiger partial charge on any atom is 0.271 e. The van der Waals surface area contributed by atoms with Crippen molar-refractivity contribution in [1.29, 1.82) is 0 Å². The van der Waals surface area contributed by atoms with Gasteiger partial charge in [0, 0.05) is 25.2 Å². The van der Waals surface area contributed by atoms with E-state index in [1.165, 1.54) is 31.3 Å². The Morgan fingerprint density at radius 3 is 2.21 bits per heavy atom. The third kappa shape index (κ3) is 8.57. The number of anilines is 1. The van der Waals surface area contributed by atoms with Gasteiger partial charge in [-0.1, -0.05) is 32.9 Å². The molecule has 2 amide bonds. The molecule has 0 aliphatic carbocycles. The summed E-state index contributed by atoms with van der Waals surface area (Å²) in [4.78, 5) is 39.0. The number of sulfonamides is 1. The van der Waals surface area contributed by atoms with Crippen LogP contribution in [0.4, 0.5) is 11.4 Å². The van der Waals surface area contributed by atoms with E-state index < -0.39 is 33.4 Å². The molecule has 0 aromatic heterocycles. The van der Waals surface area contributed by atoms with Crippen molar-refractivity contribution in [2.45, 2.75) is 39.8 Å². The Labute approximate surface area is 229 Å². The molecule has 0 spiro atoms. The second-order valence-electron chi connectivity index (χ2n) is 9.32. The lowest BCUT2D eigenvalue weighted by molar-refractivity contribution is -0.384. The minimum atomic E-state index is -4.11. The molecule has 1 N–H and O–H groups in total. The van der Waals surface area contributed by atoms with Crippen LogP contribution < -0.4 is 19.1 Å². The molecule has 2 aromatic rings. The molecule has 0 aliphatic heterocycles. The quantitative estimate of drug-likeness (QED) is 0.272. The monoisotopic (exact) mass is 564 g/mol. The number of ether oxygens (including phenoxy) is 2. The molecule has 0 fully saturated rings. The lowest BCUT2D eigenvalue weighted by atomic mass is 10.1. The molecule has 1 atom stereocenters. The summed E-state index contributed by atoms with van der Waals surface area (Å²) in [6.07, 6.45) is 1.16. The zero-order chi connectivity index (χ0) is 29.3. The molecule has 0 saturated heterocycles. The minimum Gasteiger partial charge on any atom is -0.497 e. The van der Waals surface area contributed by atoms with E-state index in [0.717, 1.165) is 16.6 Å². The average molecular weight is 565 g/mol. The highest BCUT2D eigenvalue weighted by molar-refractivity contribution is 7.92. The van der Waals surface area contributed by atoms with Crippen LogP contribution in [0.5, 0.6) is 11.5 Å². The first-order chi connectivity index (χ1) is 18.3. The van der Waals surface area contributed by atoms with E-state index in [-0.39, 0.29) is 41.9 Å². The number of carbonyl (C=O) groups is 2. The molecule has 0 bridgehead atoms. The predicted molar refractivity (Wildman–Crippen MR) is 147 cm³/mol. The number of benzene rings is 2. The van der Waals surface area contributed by atoms with E-state index in [0.29, 0.717) is 17.9 Å². The number of rotatable bonds is 14. The van der Waals surface area contributed by atoms with Crippen LogP contribution in [0.3, 0.4) is 0 Å². The van der Waals surface area contributed by atoms with Crippen LogP contribution in [0.1, 0.15) is 32.8 Å². The summed E-state index contributed by atoms with van der Waals surface area (Å²) >= 11 is 0. The summed E-state index contributed by atoms with van der Waals surface area (Å²) < 4.78 is 36.9. The number of amides is 2. The standard InChI is InChI=1S/C26H36N4O8S/c1-7-22(26(32)27-15-18(2)3)28(16-19-8-11-21(37-4)12-9-19)25(31)17-29(39(6,35)36)23-14-20(30(33)34)10-13-24(23)38-5/h8-14,18,22H,7,15-17H2,1-6H3,(H,27,32). The van der Waals surface area contributed by atoms with Crippen molar-refractivity contribution in [3.05, 3.63) is 58.1 Å². The van der Waals surface area contributed by atoms with Gasteiger partial charge in [0.1, 0.15) is 29.8 Å². The number of hydrogen-bond donors (Lipinski definition) is 1. The van der Waals surface area contributed by atoms with Crippen LogP contribution in [0.15, 0.2) is 42.5 Å². The van der Waals surface area contributed by atoms with E-state index in [2.05, 4.69) is 5.32 Å². The van der Waals surface area contributed by atoms with Gasteiger partial charge in [-0.15, -0.1) is 0 Å². The van der Waals surface area contributed by atoms with Crippen molar-refractivity contribution in [2.75, 3.05) is 37.9 Å². The Hall–Kier alpha value is -3.87. The van der Waals surface area contributed by atoms with Crippen LogP contribution in [0.2, 0.25) is 0 Å². The highest BCUT2D eigenvalue weighted by atomic mass is 32.2. The highest BCUT2D eigenvalue weighted by Gasteiger charge is 2.33. The van der Waals surface area contributed by atoms with Gasteiger partial charge < -0.3 is 19.7 Å². The predicted octanol–water partition coefficient (Wildman–Crippen LogP) is 2.96. The number of non-ortho nitro benzene ring substituents is 1. The highest BCUT2D eigenvalue weighted by Crippen LogP contribution is 2.34. The Bertz CT molecular complexity index is 1270. The molecule has 39 heavy (non-hydrogen) atoms. The lowest BCUT2D eigenvalue weighted by Gasteiger charge is -2.33. The number of carbonyl (C=O) groups excluding carboxylic acids is 2. The Morgan fingerprint density at radius 1 is 1.08 bits per heavy atom. The molecule has 0 heterocycles. The van der Waals surface area contributed by atoms with Crippen molar-refractivity contribution in [2.24, 2.45) is 5.92 Å². The summed E-state index contributed by atoms with van der Waals surface area (Å²) in [5, 5.41) is 14.2. The van der Waals surface area contributed by atoms with Gasteiger partial charge >= 0.3 is 0 Å². The molecular weight excluding hydrogens is 528 g/mol. The molecular formula is C26H36N4O8S. The molecule has 214 valence electrons. The zero-order valence-corrected chi connectivity index (χ0v) is 23.9. The van der Waals surface area contributed by atoms with Crippen LogP contribution in [0.25, 0.3) is 0 Å². The number of methoxy groups -OCH3 is 2. The summed E-state index contributed by atoms with van der Waals surface area (Å²) in [5.41, 5.74) is 0.156. The van der Waals surface area contributed by atoms with E-state index in [1.807, 2.05) is 13.8 Å². The normalized spacial score (nSPS) is 12.0. The van der Waals surface area contributed by atoms with Crippen molar-refractivity contribution in [1.82, 2.24) is 10.2 Å². The fraction of sp³-hybridized carbons (Fsp3) is 0.462. The summed E-state index contributed by atoms with van der Waals surface area (Å²) in [6.45, 7) is 5.35. The first kappa shape index (κ1) is 31.3. The lowest BCUT2D eigenvalue weighted by Crippen LogP contribution is -2.52. The van der Waals surface area contributed by atoms with Gasteiger partial charge in [-0.3, -0.25) is 24.0 Å². The number of hydrogen-bond acceptors (Lipinski definition) is 8. The van der Waals surface area contributed by atoms with Gasteiger partial charge in [0.2, 0.25) is 21.8 Å². The van der Waals surface area contributed by atoms with Crippen LogP contribution in [-0.4, -0.2) is 69.7 Å². The summed E-state index contributed by atoms with van der Waals surface area (Å²) in [6, 6.07) is 9.50. The van der Waals surface area contributed by atoms with Crippen molar-refractivity contribution in [3.63, 3.8) is 0 Å². The second kappa shape index (κ2) is 13.8. The fourth-order valence-corrected chi connectivity index (χ4v) is 4.70. The molecule has 13 heteroatoms. The number of nitro benzene ring substituents is 1. The van der Waals surface area contributed by atoms with Gasteiger partial charge in [0.05, 0.1) is 25.4 Å². The van der Waals surface area contributed by atoms with E-state index in [4.69, 9.17) is 9.47 Å². The number of nitrogens with zero attached hydrogens (tertiary/aromatic N) is 3. The molecule has 0 saturated carbocycles. The average Bonchev–Trinajstić information content (AvgIpc) is 2.89. The van der Waals surface area contributed by atoms with Gasteiger partial charge in [-0.25, -0.2) is 8.42 Å². The molecule has 0 aliphatic rings. The van der Waals surface area contributed by atoms with E-state index in [9.17, 15) is 28.1 Å². The van der Waals surface area contributed by atoms with Crippen LogP contribution in [-0.2, 0) is 26.2 Å². The first-order valence-electron chi connectivity index (χ1n) is 12.3. The molecule has 0 radical (unpaired) electrons. The van der Waals surface area contributed by atoms with E-state index >= 15 is 0 Å². The zero-order valence-electron chi connectivity index (χ0n) is 23.0. The largest absolute Gasteiger partial charge is 0.497 e. The SMILES string of the molecule is CCC(C(=O)NCC(C)C)N(Cc1ccc(OC)cc1)C(=O)CN(c1cc([N+](=O)[O-])ccc1OC)S(C)(=O)=O. The van der Waals surface area contributed by atoms with Gasteiger partial charge in [0.25, 0.3) is 5.69 Å². The molecule has 12 nitrogen and oxygen atoms in total. The third-order valence-electron chi connectivity index (χ3n) is 5.90. The van der Waals surface area contributed by atoms with Crippen molar-refractivity contribution >= 4 is 33.2 Å². The van der Waals surface area contributed by atoms with Gasteiger partial charge in [-0.2, -0.15) is 0 Å². The maximum absolute atomic E-state index is 13.8. The number of nitro groups is 1. The molecule has 1 unspecified atom stereocenters. The topological polar surface area (TPSA) is 148 Å². The van der Waals surface area contributed by atoms with Gasteiger partial charge in [0.15, 0.2) is 0 Å². The molecule has 2 aromatic carbocycles. The summed E-state index contributed by atoms with van der Waals surface area (Å²) in [7, 11) is -1.30. The van der Waals surface area contributed by atoms with Crippen molar-refractivity contribution < 1.29 is 32.4 Å². The minimum absolute atomic E-state index is 0.0140. The van der Waals surface area contributed by atoms with E-state index in [1.54, 1.807) is 31.2 Å². The smallest absolute Gasteiger partial charge is 0.271 e. The van der Waals surface area contributed by atoms with Crippen LogP contribution >= 0.6 is 0 Å². The molecule has 2 rings (SSSR count).